The van der Waals surface area contributed by atoms with Gasteiger partial charge < -0.3 is 9.87 Å². The molecule has 0 radical (unpaired) electrons. The molecule has 0 spiro atoms. The number of urea groups is 2. The monoisotopic (exact) mass is 483 g/mol. The Morgan fingerprint density at radius 3 is 2.70 bits per heavy atom. The molecule has 0 saturated heterocycles. The predicted octanol–water partition coefficient (Wildman–Crippen LogP) is 3.28. The maximum atomic E-state index is 13.7. The minimum atomic E-state index is -1.56. The first-order chi connectivity index (χ1) is 15.8. The molecule has 2 unspecified atom stereocenters. The van der Waals surface area contributed by atoms with Gasteiger partial charge in [0.15, 0.2) is 10.7 Å². The summed E-state index contributed by atoms with van der Waals surface area (Å²) in [6.45, 7) is 0. The number of amides is 4. The van der Waals surface area contributed by atoms with Crippen molar-refractivity contribution in [3.05, 3.63) is 64.1 Å². The third-order valence-corrected chi connectivity index (χ3v) is 6.71. The van der Waals surface area contributed by atoms with Crippen LogP contribution < -0.4 is 10.2 Å². The molecule has 1 aliphatic heterocycles. The van der Waals surface area contributed by atoms with E-state index in [1.165, 1.54) is 54.9 Å². The van der Waals surface area contributed by atoms with E-state index in [2.05, 4.69) is 10.3 Å². The molecule has 4 rings (SSSR count). The molecule has 33 heavy (non-hydrogen) atoms. The van der Waals surface area contributed by atoms with Crippen LogP contribution in [0.2, 0.25) is 5.02 Å². The zero-order valence-electron chi connectivity index (χ0n) is 17.7. The second-order valence-electron chi connectivity index (χ2n) is 7.41. The van der Waals surface area contributed by atoms with E-state index in [4.69, 9.17) is 11.6 Å². The van der Waals surface area contributed by atoms with E-state index >= 15 is 0 Å². The molecule has 11 heteroatoms. The van der Waals surface area contributed by atoms with Crippen molar-refractivity contribution in [3.63, 3.8) is 0 Å². The Morgan fingerprint density at radius 2 is 2.06 bits per heavy atom. The van der Waals surface area contributed by atoms with Gasteiger partial charge in [0.05, 0.1) is 28.5 Å². The Balaban J connectivity index is 2.01. The predicted molar refractivity (Wildman–Crippen MR) is 121 cm³/mol. The Labute approximate surface area is 197 Å². The number of benzene rings is 1. The van der Waals surface area contributed by atoms with Gasteiger partial charge in [-0.25, -0.2) is 14.5 Å². The van der Waals surface area contributed by atoms with Crippen molar-refractivity contribution in [2.75, 3.05) is 18.2 Å². The van der Waals surface area contributed by atoms with Crippen molar-refractivity contribution in [2.45, 2.75) is 23.8 Å². The molecule has 168 valence electrons. The van der Waals surface area contributed by atoms with E-state index < -0.39 is 29.3 Å². The first-order valence-electron chi connectivity index (χ1n) is 9.87. The van der Waals surface area contributed by atoms with Crippen LogP contribution in [0.15, 0.2) is 52.8 Å². The average molecular weight is 484 g/mol. The van der Waals surface area contributed by atoms with Gasteiger partial charge in [-0.2, -0.15) is 5.26 Å². The highest BCUT2D eigenvalue weighted by Crippen LogP contribution is 2.46. The molecule has 0 bridgehead atoms. The van der Waals surface area contributed by atoms with E-state index in [1.54, 1.807) is 0 Å². The topological polar surface area (TPSA) is 129 Å². The van der Waals surface area contributed by atoms with Crippen molar-refractivity contribution in [1.29, 1.82) is 5.26 Å². The van der Waals surface area contributed by atoms with Crippen LogP contribution in [0.25, 0.3) is 0 Å². The summed E-state index contributed by atoms with van der Waals surface area (Å²) in [4.78, 5) is 46.3. The van der Waals surface area contributed by atoms with E-state index in [1.807, 2.05) is 6.07 Å². The van der Waals surface area contributed by atoms with E-state index in [0.717, 1.165) is 4.90 Å². The molecule has 2 aliphatic rings. The fourth-order valence-corrected chi connectivity index (χ4v) is 5.13. The van der Waals surface area contributed by atoms with Crippen LogP contribution in [-0.4, -0.2) is 45.6 Å². The number of anilines is 1. The van der Waals surface area contributed by atoms with Crippen LogP contribution in [-0.2, 0) is 16.0 Å². The molecular formula is C22H18ClN5O4S. The number of pyridine rings is 1. The Hall–Kier alpha value is -3.39. The summed E-state index contributed by atoms with van der Waals surface area (Å²) in [6, 6.07) is 5.47. The van der Waals surface area contributed by atoms with Crippen molar-refractivity contribution >= 4 is 46.3 Å². The van der Waals surface area contributed by atoms with E-state index in [0.29, 0.717) is 16.9 Å². The quantitative estimate of drug-likeness (QED) is 0.667. The number of hydrogen-bond donors (Lipinski definition) is 1. The summed E-state index contributed by atoms with van der Waals surface area (Å²) in [7, 11) is 1.37. The zero-order chi connectivity index (χ0) is 23.9. The number of ketones is 1. The maximum Gasteiger partial charge on any atom is 0.337 e. The van der Waals surface area contributed by atoms with Crippen LogP contribution in [0.4, 0.5) is 15.3 Å². The smallest absolute Gasteiger partial charge is 0.337 e. The van der Waals surface area contributed by atoms with Gasteiger partial charge in [0.25, 0.3) is 0 Å². The summed E-state index contributed by atoms with van der Waals surface area (Å²) in [5.41, 5.74) is 1.64. The van der Waals surface area contributed by atoms with Gasteiger partial charge in [0, 0.05) is 42.6 Å². The van der Waals surface area contributed by atoms with Crippen molar-refractivity contribution in [2.24, 2.45) is 0 Å². The summed E-state index contributed by atoms with van der Waals surface area (Å²) >= 11 is 4.52. The van der Waals surface area contributed by atoms with Gasteiger partial charge in [-0.15, -0.1) is 0 Å². The molecule has 2 aromatic rings. The highest BCUT2D eigenvalue weighted by molar-refractivity contribution is 7.90. The summed E-state index contributed by atoms with van der Waals surface area (Å²) in [5.74, 6) is -0.228. The van der Waals surface area contributed by atoms with Crippen LogP contribution in [0.1, 0.15) is 30.0 Å². The molecule has 0 saturated carbocycles. The third kappa shape index (κ3) is 3.84. The number of halogens is 1. The number of carbonyl (C=O) groups is 3. The highest BCUT2D eigenvalue weighted by Gasteiger charge is 2.49. The van der Waals surface area contributed by atoms with Gasteiger partial charge in [0.2, 0.25) is 0 Å². The molecular weight excluding hydrogens is 466 g/mol. The standard InChI is InChI=1S/C22H18ClN5O4S/c1-25-21(30)28-20(15-4-3-12(9-24)7-18(15)33(2)32)19-16(5-6-17(19)29)27(22(28)31)14-8-13(23)10-26-11-14/h3-4,7-8,10-11,20H,5-6H2,1-2H3,(H,25,30). The number of nitriles is 1. The SMILES string of the molecule is CNC(=O)N1C(=O)N(c2cncc(Cl)c2)C2=C(C(=O)CC2)C1c1ccc(C#N)cc1[S+](C)[O-]. The fraction of sp³-hybridized carbons (Fsp3) is 0.227. The normalized spacial score (nSPS) is 18.8. The van der Waals surface area contributed by atoms with Crippen LogP contribution in [0.5, 0.6) is 0 Å². The van der Waals surface area contributed by atoms with Gasteiger partial charge in [-0.1, -0.05) is 17.7 Å². The highest BCUT2D eigenvalue weighted by atomic mass is 35.5. The number of hydrogen-bond acceptors (Lipinski definition) is 6. The Kier molecular flexibility index (Phi) is 6.12. The number of aromatic nitrogens is 1. The fourth-order valence-electron chi connectivity index (χ4n) is 4.15. The van der Waals surface area contributed by atoms with Crippen molar-refractivity contribution in [3.8, 4) is 6.07 Å². The molecule has 9 nitrogen and oxygen atoms in total. The maximum absolute atomic E-state index is 13.7. The van der Waals surface area contributed by atoms with Crippen molar-refractivity contribution < 1.29 is 18.9 Å². The van der Waals surface area contributed by atoms with Gasteiger partial charge in [-0.05, 0) is 29.7 Å². The second kappa shape index (κ2) is 8.86. The lowest BCUT2D eigenvalue weighted by Gasteiger charge is -2.40. The molecule has 0 fully saturated rings. The van der Waals surface area contributed by atoms with E-state index in [-0.39, 0.29) is 39.7 Å². The zero-order valence-corrected chi connectivity index (χ0v) is 19.2. The minimum Gasteiger partial charge on any atom is -0.612 e. The lowest BCUT2D eigenvalue weighted by Crippen LogP contribution is -2.55. The first-order valence-corrected chi connectivity index (χ1v) is 11.8. The van der Waals surface area contributed by atoms with Gasteiger partial charge in [0.1, 0.15) is 12.3 Å². The number of rotatable bonds is 3. The lowest BCUT2D eigenvalue weighted by atomic mass is 9.92. The lowest BCUT2D eigenvalue weighted by molar-refractivity contribution is -0.115. The number of allylic oxidation sites excluding steroid dienone is 1. The summed E-state index contributed by atoms with van der Waals surface area (Å²) in [5, 5.41) is 12.0. The molecule has 2 heterocycles. The summed E-state index contributed by atoms with van der Waals surface area (Å²) < 4.78 is 12.6. The van der Waals surface area contributed by atoms with Crippen molar-refractivity contribution in [1.82, 2.24) is 15.2 Å². The van der Waals surface area contributed by atoms with Gasteiger partial charge >= 0.3 is 12.1 Å². The Bertz CT molecular complexity index is 1260. The number of carbonyl (C=O) groups excluding carboxylic acids is 3. The molecule has 4 amide bonds. The number of imide groups is 1. The second-order valence-corrected chi connectivity index (χ2v) is 9.19. The number of nitrogens with zero attached hydrogens (tertiary/aromatic N) is 4. The molecule has 1 N–H and O–H groups in total. The number of nitrogens with one attached hydrogen (secondary N) is 1. The van der Waals surface area contributed by atoms with Crippen LogP contribution in [0, 0.1) is 11.3 Å². The largest absolute Gasteiger partial charge is 0.612 e. The minimum absolute atomic E-state index is 0.154. The number of Topliss-reactive ketones (excluding diaryl/α,β-unsaturated/α-hetero) is 1. The molecule has 1 aromatic carbocycles. The Morgan fingerprint density at radius 1 is 1.30 bits per heavy atom. The van der Waals surface area contributed by atoms with Gasteiger partial charge in [-0.3, -0.25) is 14.7 Å². The first kappa shape index (κ1) is 22.8. The molecule has 1 aliphatic carbocycles. The molecule has 1 aromatic heterocycles. The van der Waals surface area contributed by atoms with E-state index in [9.17, 15) is 24.2 Å². The van der Waals surface area contributed by atoms with Crippen LogP contribution >= 0.6 is 11.6 Å². The van der Waals surface area contributed by atoms with Crippen LogP contribution in [0.3, 0.4) is 0 Å². The molecule has 2 atom stereocenters. The average Bonchev–Trinajstić information content (AvgIpc) is 3.18. The summed E-state index contributed by atoms with van der Waals surface area (Å²) in [6.07, 6.45) is 4.71. The third-order valence-electron chi connectivity index (χ3n) is 5.53.